The number of nitrogens with zero attached hydrogens (tertiary/aromatic N) is 2. The van der Waals surface area contributed by atoms with Gasteiger partial charge in [-0.1, -0.05) is 0 Å². The first-order valence-corrected chi connectivity index (χ1v) is 5.58. The molecule has 0 amide bonds. The van der Waals surface area contributed by atoms with Crippen LogP contribution < -0.4 is 4.74 Å². The minimum absolute atomic E-state index is 0.0968. The molecule has 0 fully saturated rings. The molecule has 0 saturated heterocycles. The Morgan fingerprint density at radius 3 is 2.72 bits per heavy atom. The Balaban J connectivity index is 2.27. The second kappa shape index (κ2) is 5.09. The van der Waals surface area contributed by atoms with Crippen LogP contribution in [0.15, 0.2) is 41.1 Å². The average molecular weight is 313 g/mol. The molecular formula is C11H6BrFN2O3. The van der Waals surface area contributed by atoms with E-state index in [0.29, 0.717) is 10.2 Å². The number of ether oxygens (including phenoxy) is 1. The molecule has 0 bridgehead atoms. The Hall–Kier alpha value is -2.02. The maximum Gasteiger partial charge on any atom is 0.272 e. The summed E-state index contributed by atoms with van der Waals surface area (Å²) in [5.41, 5.74) is -0.327. The van der Waals surface area contributed by atoms with E-state index in [4.69, 9.17) is 4.74 Å². The molecule has 18 heavy (non-hydrogen) atoms. The molecule has 1 heterocycles. The van der Waals surface area contributed by atoms with Crippen LogP contribution in [0.4, 0.5) is 10.1 Å². The topological polar surface area (TPSA) is 65.3 Å². The number of nitro benzene ring substituents is 1. The van der Waals surface area contributed by atoms with E-state index in [1.54, 1.807) is 12.3 Å². The quantitative estimate of drug-likeness (QED) is 0.640. The Bertz CT molecular complexity index is 607. The number of nitro groups is 1. The van der Waals surface area contributed by atoms with Gasteiger partial charge >= 0.3 is 0 Å². The molecule has 1 aromatic carbocycles. The second-order valence-corrected chi connectivity index (χ2v) is 4.23. The van der Waals surface area contributed by atoms with Crippen LogP contribution in [0, 0.1) is 15.9 Å². The van der Waals surface area contributed by atoms with Crippen LogP contribution in [0.5, 0.6) is 11.5 Å². The standard InChI is InChI=1S/C11H6BrFN2O3/c12-7-3-9(6-14-5-7)18-11-2-1-8(15(16)17)4-10(11)13/h1-6H. The van der Waals surface area contributed by atoms with E-state index < -0.39 is 10.7 Å². The van der Waals surface area contributed by atoms with Gasteiger partial charge in [-0.3, -0.25) is 15.1 Å². The van der Waals surface area contributed by atoms with Crippen LogP contribution in [0.25, 0.3) is 0 Å². The largest absolute Gasteiger partial charge is 0.453 e. The number of hydrogen-bond acceptors (Lipinski definition) is 4. The SMILES string of the molecule is O=[N+]([O-])c1ccc(Oc2cncc(Br)c2)c(F)c1. The third-order valence-corrected chi connectivity index (χ3v) is 2.47. The van der Waals surface area contributed by atoms with Gasteiger partial charge in [-0.25, -0.2) is 4.39 Å². The maximum absolute atomic E-state index is 13.5. The molecule has 2 aromatic rings. The zero-order valence-electron chi connectivity index (χ0n) is 8.84. The average Bonchev–Trinajstić information content (AvgIpc) is 2.31. The Morgan fingerprint density at radius 2 is 2.11 bits per heavy atom. The number of aromatic nitrogens is 1. The summed E-state index contributed by atoms with van der Waals surface area (Å²) < 4.78 is 19.5. The van der Waals surface area contributed by atoms with E-state index in [-0.39, 0.29) is 11.4 Å². The zero-order valence-corrected chi connectivity index (χ0v) is 10.4. The molecule has 0 aliphatic rings. The fourth-order valence-corrected chi connectivity index (χ4v) is 1.61. The fraction of sp³-hybridized carbons (Fsp3) is 0. The van der Waals surface area contributed by atoms with E-state index in [9.17, 15) is 14.5 Å². The molecule has 0 aliphatic heterocycles. The van der Waals surface area contributed by atoms with Crippen molar-refractivity contribution < 1.29 is 14.1 Å². The van der Waals surface area contributed by atoms with Crippen molar-refractivity contribution >= 4 is 21.6 Å². The smallest absolute Gasteiger partial charge is 0.272 e. The van der Waals surface area contributed by atoms with E-state index in [1.165, 1.54) is 18.3 Å². The summed E-state index contributed by atoms with van der Waals surface area (Å²) in [6.07, 6.45) is 2.96. The molecule has 0 aliphatic carbocycles. The van der Waals surface area contributed by atoms with Gasteiger partial charge in [0.1, 0.15) is 5.75 Å². The zero-order chi connectivity index (χ0) is 13.1. The first kappa shape index (κ1) is 12.4. The van der Waals surface area contributed by atoms with Crippen LogP contribution in [0.3, 0.4) is 0 Å². The number of halogens is 2. The summed E-state index contributed by atoms with van der Waals surface area (Å²) >= 11 is 3.20. The van der Waals surface area contributed by atoms with Gasteiger partial charge < -0.3 is 4.74 Å². The second-order valence-electron chi connectivity index (χ2n) is 3.31. The summed E-state index contributed by atoms with van der Waals surface area (Å²) in [5.74, 6) is -0.568. The summed E-state index contributed by atoms with van der Waals surface area (Å²) in [7, 11) is 0. The molecule has 0 unspecified atom stereocenters. The first-order chi connectivity index (χ1) is 8.56. The molecule has 0 saturated carbocycles. The monoisotopic (exact) mass is 312 g/mol. The molecule has 1 aromatic heterocycles. The number of pyridine rings is 1. The lowest BCUT2D eigenvalue weighted by Gasteiger charge is -2.06. The van der Waals surface area contributed by atoms with Crippen LogP contribution in [-0.4, -0.2) is 9.91 Å². The first-order valence-electron chi connectivity index (χ1n) is 4.78. The van der Waals surface area contributed by atoms with Crippen LogP contribution in [-0.2, 0) is 0 Å². The van der Waals surface area contributed by atoms with Gasteiger partial charge in [-0.05, 0) is 28.1 Å². The third-order valence-electron chi connectivity index (χ3n) is 2.03. The lowest BCUT2D eigenvalue weighted by Crippen LogP contribution is -1.92. The van der Waals surface area contributed by atoms with Crippen LogP contribution in [0.1, 0.15) is 0 Å². The number of benzene rings is 1. The normalized spacial score (nSPS) is 10.1. The van der Waals surface area contributed by atoms with Crippen molar-refractivity contribution in [1.82, 2.24) is 4.98 Å². The van der Waals surface area contributed by atoms with E-state index in [2.05, 4.69) is 20.9 Å². The molecule has 0 atom stereocenters. The van der Waals surface area contributed by atoms with Gasteiger partial charge in [0.15, 0.2) is 11.6 Å². The van der Waals surface area contributed by atoms with Crippen molar-refractivity contribution in [3.05, 3.63) is 57.1 Å². The van der Waals surface area contributed by atoms with Crippen molar-refractivity contribution in [2.75, 3.05) is 0 Å². The lowest BCUT2D eigenvalue weighted by molar-refractivity contribution is -0.385. The maximum atomic E-state index is 13.5. The Labute approximate surface area is 110 Å². The highest BCUT2D eigenvalue weighted by atomic mass is 79.9. The van der Waals surface area contributed by atoms with E-state index >= 15 is 0 Å². The molecule has 7 heteroatoms. The molecule has 0 spiro atoms. The van der Waals surface area contributed by atoms with E-state index in [0.717, 1.165) is 6.07 Å². The number of rotatable bonds is 3. The highest BCUT2D eigenvalue weighted by Gasteiger charge is 2.12. The third kappa shape index (κ3) is 2.80. The summed E-state index contributed by atoms with van der Waals surface area (Å²) in [6, 6.07) is 4.78. The van der Waals surface area contributed by atoms with Gasteiger partial charge in [-0.2, -0.15) is 0 Å². The van der Waals surface area contributed by atoms with Crippen molar-refractivity contribution in [2.24, 2.45) is 0 Å². The minimum atomic E-state index is -0.802. The predicted molar refractivity (Wildman–Crippen MR) is 65.1 cm³/mol. The molecule has 5 nitrogen and oxygen atoms in total. The number of hydrogen-bond donors (Lipinski definition) is 0. The Kier molecular flexibility index (Phi) is 3.52. The summed E-state index contributed by atoms with van der Waals surface area (Å²) in [4.78, 5) is 13.6. The molecule has 2 rings (SSSR count). The summed E-state index contributed by atoms with van der Waals surface area (Å²) in [5, 5.41) is 10.4. The molecule has 0 N–H and O–H groups in total. The van der Waals surface area contributed by atoms with Gasteiger partial charge in [0.05, 0.1) is 17.2 Å². The molecular weight excluding hydrogens is 307 g/mol. The predicted octanol–water partition coefficient (Wildman–Crippen LogP) is 3.68. The van der Waals surface area contributed by atoms with Crippen molar-refractivity contribution in [3.8, 4) is 11.5 Å². The molecule has 0 radical (unpaired) electrons. The van der Waals surface area contributed by atoms with Gasteiger partial charge in [-0.15, -0.1) is 0 Å². The van der Waals surface area contributed by atoms with Crippen LogP contribution in [0.2, 0.25) is 0 Å². The van der Waals surface area contributed by atoms with E-state index in [1.807, 2.05) is 0 Å². The summed E-state index contributed by atoms with van der Waals surface area (Å²) in [6.45, 7) is 0. The van der Waals surface area contributed by atoms with Gasteiger partial charge in [0.25, 0.3) is 5.69 Å². The minimum Gasteiger partial charge on any atom is -0.453 e. The van der Waals surface area contributed by atoms with Gasteiger partial charge in [0, 0.05) is 16.7 Å². The van der Waals surface area contributed by atoms with Crippen molar-refractivity contribution in [1.29, 1.82) is 0 Å². The Morgan fingerprint density at radius 1 is 1.33 bits per heavy atom. The fourth-order valence-electron chi connectivity index (χ4n) is 1.26. The van der Waals surface area contributed by atoms with Crippen LogP contribution >= 0.6 is 15.9 Å². The molecule has 92 valence electrons. The highest BCUT2D eigenvalue weighted by Crippen LogP contribution is 2.28. The van der Waals surface area contributed by atoms with Gasteiger partial charge in [0.2, 0.25) is 0 Å². The lowest BCUT2D eigenvalue weighted by atomic mass is 10.3. The van der Waals surface area contributed by atoms with Crippen molar-refractivity contribution in [3.63, 3.8) is 0 Å². The highest BCUT2D eigenvalue weighted by molar-refractivity contribution is 9.10. The number of non-ortho nitro benzene ring substituents is 1. The van der Waals surface area contributed by atoms with Crippen molar-refractivity contribution in [2.45, 2.75) is 0 Å².